The van der Waals surface area contributed by atoms with E-state index in [1.54, 1.807) is 18.2 Å². The number of amides is 1. The van der Waals surface area contributed by atoms with Gasteiger partial charge >= 0.3 is 0 Å². The Bertz CT molecular complexity index is 1210. The van der Waals surface area contributed by atoms with E-state index >= 15 is 0 Å². The Labute approximate surface area is 200 Å². The van der Waals surface area contributed by atoms with Crippen LogP contribution in [0.2, 0.25) is 0 Å². The van der Waals surface area contributed by atoms with Crippen LogP contribution in [0, 0.1) is 0 Å². The maximum absolute atomic E-state index is 12.4. The summed E-state index contributed by atoms with van der Waals surface area (Å²) in [4.78, 5) is 12.4. The Kier molecular flexibility index (Phi) is 6.79. The molecule has 0 fully saturated rings. The Hall–Kier alpha value is -3.58. The first-order valence-corrected chi connectivity index (χ1v) is 11.2. The number of benzene rings is 3. The van der Waals surface area contributed by atoms with Gasteiger partial charge in [0.1, 0.15) is 18.1 Å². The first-order valence-electron chi connectivity index (χ1n) is 10.4. The number of rotatable bonds is 7. The number of phenols is 1. The van der Waals surface area contributed by atoms with E-state index in [1.165, 1.54) is 11.9 Å². The number of nitrogens with zero attached hydrogens (tertiary/aromatic N) is 2. The second-order valence-corrected chi connectivity index (χ2v) is 8.41. The Morgan fingerprint density at radius 2 is 1.94 bits per heavy atom. The summed E-state index contributed by atoms with van der Waals surface area (Å²) in [5.74, 6) is 0.574. The fourth-order valence-electron chi connectivity index (χ4n) is 3.52. The van der Waals surface area contributed by atoms with Crippen molar-refractivity contribution >= 4 is 27.7 Å². The number of aromatic hydroxyl groups is 1. The molecule has 0 bridgehead atoms. The molecule has 1 amide bonds. The van der Waals surface area contributed by atoms with Crippen molar-refractivity contribution in [1.29, 1.82) is 0 Å². The van der Waals surface area contributed by atoms with E-state index in [2.05, 4.69) is 27.6 Å². The zero-order valence-electron chi connectivity index (χ0n) is 18.1. The van der Waals surface area contributed by atoms with Crippen molar-refractivity contribution in [2.45, 2.75) is 26.2 Å². The Morgan fingerprint density at radius 3 is 2.67 bits per heavy atom. The number of para-hydroxylation sites is 2. The third-order valence-corrected chi connectivity index (χ3v) is 5.70. The summed E-state index contributed by atoms with van der Waals surface area (Å²) >= 11 is 3.43. The van der Waals surface area contributed by atoms with Crippen LogP contribution in [0.4, 0.5) is 0 Å². The molecular weight excluding hydrogens is 484 g/mol. The average Bonchev–Trinajstić information content (AvgIpc) is 3.26. The van der Waals surface area contributed by atoms with Gasteiger partial charge in [0.15, 0.2) is 0 Å². The number of carbonyl (C=O) groups is 1. The molecule has 0 saturated heterocycles. The summed E-state index contributed by atoms with van der Waals surface area (Å²) in [5.41, 5.74) is 2.78. The zero-order valence-corrected chi connectivity index (χ0v) is 19.7. The van der Waals surface area contributed by atoms with Crippen LogP contribution in [0.5, 0.6) is 11.5 Å². The molecule has 3 aromatic rings. The van der Waals surface area contributed by atoms with Gasteiger partial charge in [0.25, 0.3) is 0 Å². The average molecular weight is 507 g/mol. The summed E-state index contributed by atoms with van der Waals surface area (Å²) in [6.45, 7) is 5.50. The SMILES string of the molecule is C=CCc1cccc([C@@H]2OC(c3ccccc3OCc3ccc(Br)cc3)=NN2C(C)=O)c1O. The van der Waals surface area contributed by atoms with Gasteiger partial charge in [0, 0.05) is 11.4 Å². The van der Waals surface area contributed by atoms with Gasteiger partial charge in [0.2, 0.25) is 18.0 Å². The number of carbonyl (C=O) groups excluding carboxylic acids is 1. The standard InChI is InChI=1S/C26H23BrN2O4/c1-3-7-19-8-6-10-22(24(19)31)26-29(17(2)30)28-25(33-26)21-9-4-5-11-23(21)32-16-18-12-14-20(27)15-13-18/h3-6,8-15,26,31H,1,7,16H2,2H3/t26-/m0/s1. The van der Waals surface area contributed by atoms with E-state index < -0.39 is 6.23 Å². The van der Waals surface area contributed by atoms with Gasteiger partial charge in [-0.25, -0.2) is 0 Å². The van der Waals surface area contributed by atoms with Gasteiger partial charge in [-0.05, 0) is 47.9 Å². The van der Waals surface area contributed by atoms with E-state index in [-0.39, 0.29) is 17.6 Å². The van der Waals surface area contributed by atoms with Gasteiger partial charge in [-0.1, -0.05) is 58.4 Å². The molecule has 1 atom stereocenters. The number of hydrogen-bond acceptors (Lipinski definition) is 5. The summed E-state index contributed by atoms with van der Waals surface area (Å²) in [7, 11) is 0. The predicted molar refractivity (Wildman–Crippen MR) is 130 cm³/mol. The molecule has 3 aromatic carbocycles. The number of hydrogen-bond donors (Lipinski definition) is 1. The molecule has 1 aliphatic heterocycles. The second-order valence-electron chi connectivity index (χ2n) is 7.50. The Morgan fingerprint density at radius 1 is 1.18 bits per heavy atom. The summed E-state index contributed by atoms with van der Waals surface area (Å²) < 4.78 is 13.2. The van der Waals surface area contributed by atoms with E-state index in [0.717, 1.165) is 10.0 Å². The van der Waals surface area contributed by atoms with Gasteiger partial charge in [-0.3, -0.25) is 4.79 Å². The van der Waals surface area contributed by atoms with Crippen molar-refractivity contribution in [3.8, 4) is 11.5 Å². The highest BCUT2D eigenvalue weighted by Crippen LogP contribution is 2.38. The first kappa shape index (κ1) is 22.6. The molecule has 0 spiro atoms. The molecule has 0 radical (unpaired) electrons. The van der Waals surface area contributed by atoms with Crippen LogP contribution in [0.15, 0.2) is 89.0 Å². The number of allylic oxidation sites excluding steroid dienone is 1. The molecule has 4 rings (SSSR count). The van der Waals surface area contributed by atoms with Crippen molar-refractivity contribution in [2.24, 2.45) is 5.10 Å². The van der Waals surface area contributed by atoms with Crippen molar-refractivity contribution in [2.75, 3.05) is 0 Å². The van der Waals surface area contributed by atoms with Crippen LogP contribution in [-0.4, -0.2) is 21.9 Å². The lowest BCUT2D eigenvalue weighted by atomic mass is 10.0. The maximum atomic E-state index is 12.4. The first-order chi connectivity index (χ1) is 16.0. The summed E-state index contributed by atoms with van der Waals surface area (Å²) in [5, 5.41) is 16.4. The lowest BCUT2D eigenvalue weighted by Gasteiger charge is -2.21. The number of phenolic OH excluding ortho intramolecular Hbond substituents is 1. The lowest BCUT2D eigenvalue weighted by Crippen LogP contribution is -2.25. The Balaban J connectivity index is 1.62. The van der Waals surface area contributed by atoms with E-state index in [1.807, 2.05) is 54.6 Å². The van der Waals surface area contributed by atoms with Gasteiger partial charge in [-0.15, -0.1) is 11.7 Å². The van der Waals surface area contributed by atoms with Crippen molar-refractivity contribution in [1.82, 2.24) is 5.01 Å². The van der Waals surface area contributed by atoms with E-state index in [9.17, 15) is 9.90 Å². The van der Waals surface area contributed by atoms with Crippen LogP contribution >= 0.6 is 15.9 Å². The van der Waals surface area contributed by atoms with Crippen LogP contribution in [0.1, 0.15) is 35.4 Å². The van der Waals surface area contributed by atoms with Crippen LogP contribution < -0.4 is 4.74 Å². The lowest BCUT2D eigenvalue weighted by molar-refractivity contribution is -0.135. The molecule has 0 saturated carbocycles. The maximum Gasteiger partial charge on any atom is 0.244 e. The van der Waals surface area contributed by atoms with Crippen molar-refractivity contribution in [3.63, 3.8) is 0 Å². The van der Waals surface area contributed by atoms with Gasteiger partial charge < -0.3 is 14.6 Å². The third kappa shape index (κ3) is 4.93. The molecule has 0 unspecified atom stereocenters. The highest BCUT2D eigenvalue weighted by atomic mass is 79.9. The normalized spacial score (nSPS) is 15.0. The summed E-state index contributed by atoms with van der Waals surface area (Å²) in [6.07, 6.45) is 1.31. The smallest absolute Gasteiger partial charge is 0.244 e. The van der Waals surface area contributed by atoms with E-state index in [0.29, 0.717) is 35.5 Å². The van der Waals surface area contributed by atoms with Crippen molar-refractivity contribution in [3.05, 3.63) is 106 Å². The quantitative estimate of drug-likeness (QED) is 0.417. The van der Waals surface area contributed by atoms with Gasteiger partial charge in [0.05, 0.1) is 11.1 Å². The second kappa shape index (κ2) is 9.92. The molecule has 0 aromatic heterocycles. The molecule has 1 aliphatic rings. The third-order valence-electron chi connectivity index (χ3n) is 5.17. The molecule has 1 N–H and O–H groups in total. The molecule has 0 aliphatic carbocycles. The fraction of sp³-hybridized carbons (Fsp3) is 0.154. The highest BCUT2D eigenvalue weighted by molar-refractivity contribution is 9.10. The minimum atomic E-state index is -0.887. The molecule has 168 valence electrons. The molecular formula is C26H23BrN2O4. The minimum absolute atomic E-state index is 0.0601. The monoisotopic (exact) mass is 506 g/mol. The minimum Gasteiger partial charge on any atom is -0.507 e. The predicted octanol–water partition coefficient (Wildman–Crippen LogP) is 5.70. The molecule has 1 heterocycles. The van der Waals surface area contributed by atoms with E-state index in [4.69, 9.17) is 9.47 Å². The fourth-order valence-corrected chi connectivity index (χ4v) is 3.78. The summed E-state index contributed by atoms with van der Waals surface area (Å²) in [6, 6.07) is 20.6. The molecule has 7 heteroatoms. The molecule has 6 nitrogen and oxygen atoms in total. The highest BCUT2D eigenvalue weighted by Gasteiger charge is 2.36. The topological polar surface area (TPSA) is 71.4 Å². The number of hydrazone groups is 1. The number of halogens is 1. The van der Waals surface area contributed by atoms with Gasteiger partial charge in [-0.2, -0.15) is 5.01 Å². The largest absolute Gasteiger partial charge is 0.507 e. The molecule has 33 heavy (non-hydrogen) atoms. The van der Waals surface area contributed by atoms with Crippen LogP contribution in [0.3, 0.4) is 0 Å². The van der Waals surface area contributed by atoms with Crippen LogP contribution in [0.25, 0.3) is 0 Å². The number of ether oxygens (including phenoxy) is 2. The van der Waals surface area contributed by atoms with Crippen molar-refractivity contribution < 1.29 is 19.4 Å². The van der Waals surface area contributed by atoms with Crippen LogP contribution in [-0.2, 0) is 22.6 Å². The zero-order chi connectivity index (χ0) is 23.4.